The van der Waals surface area contributed by atoms with Crippen LogP contribution in [0.1, 0.15) is 77.6 Å². The molecule has 3 aromatic carbocycles. The molecule has 0 aliphatic heterocycles. The third-order valence-electron chi connectivity index (χ3n) is 7.41. The summed E-state index contributed by atoms with van der Waals surface area (Å²) >= 11 is 0. The van der Waals surface area contributed by atoms with Gasteiger partial charge in [-0.3, -0.25) is 9.52 Å². The number of carbonyl (C=O) groups is 2. The number of aromatic carboxylic acids is 1. The molecule has 0 unspecified atom stereocenters. The number of benzene rings is 3. The van der Waals surface area contributed by atoms with Crippen LogP contribution in [-0.2, 0) is 21.4 Å². The Hall–Kier alpha value is -4.30. The zero-order valence-electron chi connectivity index (χ0n) is 22.6. The smallest absolute Gasteiger partial charge is 0.335 e. The molecule has 8 nitrogen and oxygen atoms in total. The van der Waals surface area contributed by atoms with E-state index in [2.05, 4.69) is 4.72 Å². The number of amides is 1. The lowest BCUT2D eigenvalue weighted by atomic mass is 9.84. The SMILES string of the molecule is CC(=O)N(Cc1ccc(C2CCCCC2)cc1S(=O)(=O)Nc1cc(C#N)c(C)c(F)c1F)c1ccc(C(=O)O)cc1. The van der Waals surface area contributed by atoms with Crippen molar-refractivity contribution < 1.29 is 31.9 Å². The van der Waals surface area contributed by atoms with Gasteiger partial charge in [-0.25, -0.2) is 22.0 Å². The lowest BCUT2D eigenvalue weighted by Crippen LogP contribution is -2.29. The summed E-state index contributed by atoms with van der Waals surface area (Å²) in [5.41, 5.74) is 0.201. The first kappa shape index (κ1) is 29.7. The Bertz CT molecular complexity index is 1640. The molecule has 2 N–H and O–H groups in total. The van der Waals surface area contributed by atoms with Gasteiger partial charge in [-0.1, -0.05) is 31.4 Å². The van der Waals surface area contributed by atoms with Crippen molar-refractivity contribution in [3.8, 4) is 6.07 Å². The highest BCUT2D eigenvalue weighted by molar-refractivity contribution is 7.92. The largest absolute Gasteiger partial charge is 0.478 e. The van der Waals surface area contributed by atoms with E-state index in [4.69, 9.17) is 0 Å². The predicted molar refractivity (Wildman–Crippen MR) is 149 cm³/mol. The van der Waals surface area contributed by atoms with E-state index < -0.39 is 39.2 Å². The van der Waals surface area contributed by atoms with Crippen LogP contribution < -0.4 is 9.62 Å². The zero-order valence-corrected chi connectivity index (χ0v) is 23.4. The highest BCUT2D eigenvalue weighted by atomic mass is 32.2. The summed E-state index contributed by atoms with van der Waals surface area (Å²) in [4.78, 5) is 25.0. The standard InChI is InChI=1S/C30H29F2N3O5S/c1-18-24(16-33)14-26(29(32)28(18)31)34-41(39,40)27-15-22(20-6-4-3-5-7-20)8-9-23(27)17-35(19(2)36)25-12-10-21(11-13-25)30(37)38/h8-15,20,34H,3-7,17H2,1-2H3,(H,37,38). The summed E-state index contributed by atoms with van der Waals surface area (Å²) in [7, 11) is -4.54. The second kappa shape index (κ2) is 12.1. The van der Waals surface area contributed by atoms with Gasteiger partial charge in [0.15, 0.2) is 11.6 Å². The molecule has 11 heteroatoms. The van der Waals surface area contributed by atoms with E-state index in [1.165, 1.54) is 49.1 Å². The molecule has 4 rings (SSSR count). The Morgan fingerprint density at radius 2 is 1.71 bits per heavy atom. The molecule has 0 atom stereocenters. The number of hydrogen-bond donors (Lipinski definition) is 2. The number of sulfonamides is 1. The number of halogens is 2. The van der Waals surface area contributed by atoms with Gasteiger partial charge in [-0.2, -0.15) is 5.26 Å². The number of nitrogens with one attached hydrogen (secondary N) is 1. The van der Waals surface area contributed by atoms with Crippen LogP contribution in [0.25, 0.3) is 0 Å². The average molecular weight is 582 g/mol. The molecular formula is C30H29F2N3O5S. The highest BCUT2D eigenvalue weighted by Crippen LogP contribution is 2.36. The first-order chi connectivity index (χ1) is 19.4. The van der Waals surface area contributed by atoms with E-state index >= 15 is 0 Å². The monoisotopic (exact) mass is 581 g/mol. The second-order valence-electron chi connectivity index (χ2n) is 10.1. The minimum atomic E-state index is -4.54. The summed E-state index contributed by atoms with van der Waals surface area (Å²) in [5, 5.41) is 18.5. The van der Waals surface area contributed by atoms with E-state index in [9.17, 15) is 37.2 Å². The number of carboxylic acids is 1. The molecule has 0 heterocycles. The summed E-state index contributed by atoms with van der Waals surface area (Å²) in [5.74, 6) is -4.20. The van der Waals surface area contributed by atoms with Crippen molar-refractivity contribution in [2.45, 2.75) is 63.3 Å². The van der Waals surface area contributed by atoms with E-state index in [0.29, 0.717) is 5.69 Å². The number of hydrogen-bond acceptors (Lipinski definition) is 5. The van der Waals surface area contributed by atoms with Crippen molar-refractivity contribution in [1.29, 1.82) is 5.26 Å². The summed E-state index contributed by atoms with van der Waals surface area (Å²) < 4.78 is 58.9. The van der Waals surface area contributed by atoms with Crippen molar-refractivity contribution in [2.24, 2.45) is 0 Å². The first-order valence-corrected chi connectivity index (χ1v) is 14.6. The maximum Gasteiger partial charge on any atom is 0.335 e. The Balaban J connectivity index is 1.80. The van der Waals surface area contributed by atoms with Crippen molar-refractivity contribution in [3.63, 3.8) is 0 Å². The summed E-state index contributed by atoms with van der Waals surface area (Å²) in [6.45, 7) is 2.32. The van der Waals surface area contributed by atoms with Crippen LogP contribution >= 0.6 is 0 Å². The molecule has 0 bridgehead atoms. The van der Waals surface area contributed by atoms with Gasteiger partial charge in [0.25, 0.3) is 10.0 Å². The van der Waals surface area contributed by atoms with Crippen LogP contribution in [0.4, 0.5) is 20.2 Å². The van der Waals surface area contributed by atoms with E-state index in [0.717, 1.165) is 43.7 Å². The predicted octanol–water partition coefficient (Wildman–Crippen LogP) is 6.24. The quantitative estimate of drug-likeness (QED) is 0.324. The Labute approximate surface area is 237 Å². The molecule has 1 aliphatic carbocycles. The lowest BCUT2D eigenvalue weighted by molar-refractivity contribution is -0.116. The molecule has 41 heavy (non-hydrogen) atoms. The molecule has 0 aromatic heterocycles. The molecule has 1 amide bonds. The highest BCUT2D eigenvalue weighted by Gasteiger charge is 2.27. The first-order valence-electron chi connectivity index (χ1n) is 13.1. The minimum absolute atomic E-state index is 0.0191. The van der Waals surface area contributed by atoms with Crippen LogP contribution in [0.15, 0.2) is 53.4 Å². The van der Waals surface area contributed by atoms with Gasteiger partial charge in [0.1, 0.15) is 0 Å². The van der Waals surface area contributed by atoms with Gasteiger partial charge in [-0.15, -0.1) is 0 Å². The Morgan fingerprint density at radius 1 is 1.05 bits per heavy atom. The van der Waals surface area contributed by atoms with Gasteiger partial charge in [0, 0.05) is 18.2 Å². The molecule has 1 fully saturated rings. The lowest BCUT2D eigenvalue weighted by Gasteiger charge is -2.26. The Kier molecular flexibility index (Phi) is 8.73. The van der Waals surface area contributed by atoms with Crippen LogP contribution in [0, 0.1) is 29.9 Å². The number of nitrogens with zero attached hydrogens (tertiary/aromatic N) is 2. The van der Waals surface area contributed by atoms with Gasteiger partial charge in [-0.05, 0) is 73.2 Å². The molecule has 0 spiro atoms. The summed E-state index contributed by atoms with van der Waals surface area (Å²) in [6, 6.07) is 13.2. The zero-order chi connectivity index (χ0) is 29.9. The van der Waals surface area contributed by atoms with Crippen LogP contribution in [0.3, 0.4) is 0 Å². The Morgan fingerprint density at radius 3 is 2.29 bits per heavy atom. The molecular weight excluding hydrogens is 552 g/mol. The van der Waals surface area contributed by atoms with Crippen molar-refractivity contribution in [1.82, 2.24) is 0 Å². The molecule has 1 aliphatic rings. The molecule has 3 aromatic rings. The number of rotatable bonds is 8. The molecule has 1 saturated carbocycles. The van der Waals surface area contributed by atoms with Crippen LogP contribution in [0.5, 0.6) is 0 Å². The normalized spacial score (nSPS) is 13.8. The van der Waals surface area contributed by atoms with Crippen molar-refractivity contribution in [2.75, 3.05) is 9.62 Å². The van der Waals surface area contributed by atoms with Crippen LogP contribution in [-0.4, -0.2) is 25.4 Å². The van der Waals surface area contributed by atoms with Gasteiger partial charge >= 0.3 is 5.97 Å². The fraction of sp³-hybridized carbons (Fsp3) is 0.300. The molecule has 214 valence electrons. The minimum Gasteiger partial charge on any atom is -0.478 e. The third-order valence-corrected chi connectivity index (χ3v) is 8.86. The number of anilines is 2. The maximum absolute atomic E-state index is 14.8. The fourth-order valence-corrected chi connectivity index (χ4v) is 6.40. The fourth-order valence-electron chi connectivity index (χ4n) is 5.09. The maximum atomic E-state index is 14.8. The molecule has 0 saturated heterocycles. The number of carboxylic acid groups (broad SMARTS) is 1. The third kappa shape index (κ3) is 6.38. The summed E-state index contributed by atoms with van der Waals surface area (Å²) in [6.07, 6.45) is 4.86. The number of nitriles is 1. The average Bonchev–Trinajstić information content (AvgIpc) is 2.96. The van der Waals surface area contributed by atoms with Crippen molar-refractivity contribution >= 4 is 33.3 Å². The molecule has 0 radical (unpaired) electrons. The van der Waals surface area contributed by atoms with Gasteiger partial charge in [0.05, 0.1) is 34.3 Å². The van der Waals surface area contributed by atoms with Gasteiger partial charge < -0.3 is 10.0 Å². The van der Waals surface area contributed by atoms with E-state index in [1.807, 2.05) is 6.07 Å². The number of carbonyl (C=O) groups excluding carboxylic acids is 1. The van der Waals surface area contributed by atoms with E-state index in [1.54, 1.807) is 12.1 Å². The van der Waals surface area contributed by atoms with Gasteiger partial charge in [0.2, 0.25) is 5.91 Å². The topological polar surface area (TPSA) is 128 Å². The van der Waals surface area contributed by atoms with Crippen molar-refractivity contribution in [3.05, 3.63) is 88.0 Å². The second-order valence-corrected chi connectivity index (χ2v) is 11.8. The van der Waals surface area contributed by atoms with E-state index in [-0.39, 0.29) is 39.6 Å². The van der Waals surface area contributed by atoms with Crippen LogP contribution in [0.2, 0.25) is 0 Å².